The van der Waals surface area contributed by atoms with E-state index in [-0.39, 0.29) is 5.91 Å². The number of thiol groups is 1. The maximum Gasteiger partial charge on any atom is 0.325 e. The zero-order chi connectivity index (χ0) is 18.2. The van der Waals surface area contributed by atoms with E-state index in [9.17, 15) is 9.59 Å². The fraction of sp³-hybridized carbons (Fsp3) is 0.211. The highest BCUT2D eigenvalue weighted by atomic mass is 32.1. The summed E-state index contributed by atoms with van der Waals surface area (Å²) in [7, 11) is 0. The summed E-state index contributed by atoms with van der Waals surface area (Å²) in [5.74, 6) is -1.61. The van der Waals surface area contributed by atoms with Crippen molar-refractivity contribution < 1.29 is 14.7 Å². The van der Waals surface area contributed by atoms with Crippen LogP contribution in [0.2, 0.25) is 0 Å². The highest BCUT2D eigenvalue weighted by Crippen LogP contribution is 2.14. The fourth-order valence-electron chi connectivity index (χ4n) is 2.22. The topological polar surface area (TPSA) is 70.0 Å². The van der Waals surface area contributed by atoms with E-state index in [0.29, 0.717) is 11.5 Å². The predicted octanol–water partition coefficient (Wildman–Crippen LogP) is 2.92. The minimum Gasteiger partial charge on any atom is -0.480 e. The largest absolute Gasteiger partial charge is 0.480 e. The Morgan fingerprint density at radius 2 is 1.52 bits per heavy atom. The SMILES string of the molecule is CC(CS)C(=O)N(CC(=O)O)N=C(c1ccccc1)c1ccccc1. The molecule has 0 saturated heterocycles. The molecule has 1 unspecified atom stereocenters. The Hall–Kier alpha value is -2.60. The van der Waals surface area contributed by atoms with Gasteiger partial charge in [0.1, 0.15) is 6.54 Å². The molecule has 0 aliphatic heterocycles. The van der Waals surface area contributed by atoms with E-state index in [1.54, 1.807) is 6.92 Å². The Morgan fingerprint density at radius 1 is 1.04 bits per heavy atom. The molecule has 0 heterocycles. The van der Waals surface area contributed by atoms with Crippen LogP contribution in [0.15, 0.2) is 65.8 Å². The summed E-state index contributed by atoms with van der Waals surface area (Å²) in [6.07, 6.45) is 0. The van der Waals surface area contributed by atoms with Crippen molar-refractivity contribution in [2.75, 3.05) is 12.3 Å². The normalized spacial score (nSPS) is 11.4. The second kappa shape index (κ2) is 9.03. The molecule has 0 bridgehead atoms. The molecule has 2 rings (SSSR count). The van der Waals surface area contributed by atoms with Gasteiger partial charge in [-0.15, -0.1) is 0 Å². The van der Waals surface area contributed by atoms with Gasteiger partial charge in [0.2, 0.25) is 5.91 Å². The van der Waals surface area contributed by atoms with Crippen molar-refractivity contribution in [1.29, 1.82) is 0 Å². The van der Waals surface area contributed by atoms with Crippen LogP contribution in [-0.2, 0) is 9.59 Å². The summed E-state index contributed by atoms with van der Waals surface area (Å²) in [4.78, 5) is 23.7. The quantitative estimate of drug-likeness (QED) is 0.455. The fourth-order valence-corrected chi connectivity index (χ4v) is 2.37. The van der Waals surface area contributed by atoms with Crippen LogP contribution in [0.1, 0.15) is 18.1 Å². The average Bonchev–Trinajstić information content (AvgIpc) is 2.65. The highest BCUT2D eigenvalue weighted by molar-refractivity contribution is 7.80. The van der Waals surface area contributed by atoms with Gasteiger partial charge in [0, 0.05) is 22.8 Å². The van der Waals surface area contributed by atoms with Crippen molar-refractivity contribution >= 4 is 30.2 Å². The number of hydrazone groups is 1. The number of rotatable bonds is 7. The number of carbonyl (C=O) groups is 2. The van der Waals surface area contributed by atoms with Gasteiger partial charge >= 0.3 is 5.97 Å². The molecule has 6 heteroatoms. The van der Waals surface area contributed by atoms with E-state index < -0.39 is 18.4 Å². The lowest BCUT2D eigenvalue weighted by Gasteiger charge is -2.20. The number of hydrogen-bond donors (Lipinski definition) is 2. The number of carboxylic acid groups (broad SMARTS) is 1. The third-order valence-electron chi connectivity index (χ3n) is 3.55. The van der Waals surface area contributed by atoms with Gasteiger partial charge in [-0.25, -0.2) is 5.01 Å². The van der Waals surface area contributed by atoms with Gasteiger partial charge in [-0.3, -0.25) is 9.59 Å². The van der Waals surface area contributed by atoms with Crippen molar-refractivity contribution in [3.8, 4) is 0 Å². The first kappa shape index (κ1) is 18.7. The molecule has 25 heavy (non-hydrogen) atoms. The van der Waals surface area contributed by atoms with Crippen LogP contribution in [0.5, 0.6) is 0 Å². The minimum atomic E-state index is -1.12. The lowest BCUT2D eigenvalue weighted by Crippen LogP contribution is -2.36. The zero-order valence-corrected chi connectivity index (χ0v) is 14.8. The van der Waals surface area contributed by atoms with Gasteiger partial charge in [0.05, 0.1) is 5.71 Å². The molecule has 130 valence electrons. The van der Waals surface area contributed by atoms with Crippen LogP contribution in [-0.4, -0.2) is 40.0 Å². The van der Waals surface area contributed by atoms with E-state index >= 15 is 0 Å². The Balaban J connectivity index is 2.52. The molecule has 1 atom stereocenters. The van der Waals surface area contributed by atoms with Crippen LogP contribution in [0.4, 0.5) is 0 Å². The number of carbonyl (C=O) groups excluding carboxylic acids is 1. The molecule has 5 nitrogen and oxygen atoms in total. The number of aliphatic carboxylic acids is 1. The summed E-state index contributed by atoms with van der Waals surface area (Å²) in [6, 6.07) is 18.7. The number of amides is 1. The van der Waals surface area contributed by atoms with Gasteiger partial charge in [-0.05, 0) is 0 Å². The molecule has 1 N–H and O–H groups in total. The lowest BCUT2D eigenvalue weighted by molar-refractivity contribution is -0.145. The van der Waals surface area contributed by atoms with Crippen molar-refractivity contribution in [1.82, 2.24) is 5.01 Å². The van der Waals surface area contributed by atoms with E-state index in [1.807, 2.05) is 60.7 Å². The number of benzene rings is 2. The van der Waals surface area contributed by atoms with E-state index in [4.69, 9.17) is 5.11 Å². The number of hydrogen-bond acceptors (Lipinski definition) is 4. The minimum absolute atomic E-state index is 0.316. The van der Waals surface area contributed by atoms with E-state index in [2.05, 4.69) is 17.7 Å². The summed E-state index contributed by atoms with van der Waals surface area (Å²) < 4.78 is 0. The second-order valence-corrected chi connectivity index (χ2v) is 5.92. The number of carboxylic acids is 1. The van der Waals surface area contributed by atoms with Crippen LogP contribution in [0, 0.1) is 5.92 Å². The lowest BCUT2D eigenvalue weighted by atomic mass is 10.0. The molecule has 0 spiro atoms. The third kappa shape index (κ3) is 5.19. The standard InChI is InChI=1S/C19H20N2O3S/c1-14(13-25)19(24)21(12-17(22)23)20-18(15-8-4-2-5-9-15)16-10-6-3-7-11-16/h2-11,14,25H,12-13H2,1H3,(H,22,23). The molecule has 2 aromatic carbocycles. The average molecular weight is 356 g/mol. The van der Waals surface area contributed by atoms with E-state index in [0.717, 1.165) is 16.1 Å². The smallest absolute Gasteiger partial charge is 0.325 e. The molecular weight excluding hydrogens is 336 g/mol. The van der Waals surface area contributed by atoms with E-state index in [1.165, 1.54) is 0 Å². The molecule has 0 saturated carbocycles. The third-order valence-corrected chi connectivity index (χ3v) is 4.10. The summed E-state index contributed by atoms with van der Waals surface area (Å²) in [6.45, 7) is 1.20. The first-order valence-electron chi connectivity index (χ1n) is 7.86. The molecule has 0 fully saturated rings. The molecule has 0 aromatic heterocycles. The predicted molar refractivity (Wildman–Crippen MR) is 101 cm³/mol. The molecule has 2 aromatic rings. The van der Waals surface area contributed by atoms with Gasteiger partial charge < -0.3 is 5.11 Å². The monoisotopic (exact) mass is 356 g/mol. The Morgan fingerprint density at radius 3 is 1.92 bits per heavy atom. The van der Waals surface area contributed by atoms with Crippen LogP contribution in [0.3, 0.4) is 0 Å². The van der Waals surface area contributed by atoms with Crippen molar-refractivity contribution in [3.05, 3.63) is 71.8 Å². The molecule has 1 amide bonds. The van der Waals surface area contributed by atoms with Gasteiger partial charge in [0.15, 0.2) is 0 Å². The summed E-state index contributed by atoms with van der Waals surface area (Å²) in [5, 5.41) is 14.6. The van der Waals surface area contributed by atoms with Gasteiger partial charge in [-0.2, -0.15) is 17.7 Å². The Bertz CT molecular complexity index is 706. The highest BCUT2D eigenvalue weighted by Gasteiger charge is 2.23. The molecule has 0 aliphatic carbocycles. The van der Waals surface area contributed by atoms with Crippen molar-refractivity contribution in [2.45, 2.75) is 6.92 Å². The summed E-state index contributed by atoms with van der Waals surface area (Å²) >= 11 is 4.13. The molecule has 0 aliphatic rings. The first-order valence-corrected chi connectivity index (χ1v) is 8.49. The first-order chi connectivity index (χ1) is 12.0. The number of nitrogens with zero attached hydrogens (tertiary/aromatic N) is 2. The molecule has 0 radical (unpaired) electrons. The van der Waals surface area contributed by atoms with Crippen molar-refractivity contribution in [2.24, 2.45) is 11.0 Å². The van der Waals surface area contributed by atoms with Crippen molar-refractivity contribution in [3.63, 3.8) is 0 Å². The van der Waals surface area contributed by atoms with Gasteiger partial charge in [-0.1, -0.05) is 67.6 Å². The maximum atomic E-state index is 12.5. The molecular formula is C19H20N2O3S. The van der Waals surface area contributed by atoms with Crippen LogP contribution in [0.25, 0.3) is 0 Å². The van der Waals surface area contributed by atoms with Crippen LogP contribution >= 0.6 is 12.6 Å². The zero-order valence-electron chi connectivity index (χ0n) is 13.9. The van der Waals surface area contributed by atoms with Crippen LogP contribution < -0.4 is 0 Å². The Labute approximate surface area is 152 Å². The summed E-state index contributed by atoms with van der Waals surface area (Å²) in [5.41, 5.74) is 2.15. The van der Waals surface area contributed by atoms with Gasteiger partial charge in [0.25, 0.3) is 0 Å². The Kier molecular flexibility index (Phi) is 6.77. The maximum absolute atomic E-state index is 12.5. The second-order valence-electron chi connectivity index (χ2n) is 5.55.